The lowest BCUT2D eigenvalue weighted by Gasteiger charge is -2.20. The van der Waals surface area contributed by atoms with Crippen molar-refractivity contribution in [1.29, 1.82) is 5.26 Å². The van der Waals surface area contributed by atoms with Gasteiger partial charge in [0, 0.05) is 24.7 Å². The van der Waals surface area contributed by atoms with E-state index < -0.39 is 0 Å². The first-order valence-electron chi connectivity index (χ1n) is 9.84. The van der Waals surface area contributed by atoms with Crippen LogP contribution in [-0.2, 0) is 0 Å². The Morgan fingerprint density at radius 3 is 2.90 bits per heavy atom. The molecular formula is C21H23N7O. The van der Waals surface area contributed by atoms with Gasteiger partial charge in [-0.05, 0) is 44.4 Å². The second kappa shape index (κ2) is 7.87. The van der Waals surface area contributed by atoms with Gasteiger partial charge >= 0.3 is 0 Å². The number of carbonyl (C=O) groups excluding carboxylic acids is 1. The second-order valence-electron chi connectivity index (χ2n) is 7.22. The fourth-order valence-electron chi connectivity index (χ4n) is 3.34. The molecule has 1 aliphatic carbocycles. The number of hydrogen-bond donors (Lipinski definition) is 1. The lowest BCUT2D eigenvalue weighted by molar-refractivity contribution is 0.0951. The van der Waals surface area contributed by atoms with Gasteiger partial charge in [-0.2, -0.15) is 5.26 Å². The third kappa shape index (κ3) is 3.76. The first-order chi connectivity index (χ1) is 14.1. The van der Waals surface area contributed by atoms with Crippen LogP contribution in [0.15, 0.2) is 30.9 Å². The minimum atomic E-state index is -0.0536. The number of aryl methyl sites for hydroxylation is 1. The van der Waals surface area contributed by atoms with Crippen LogP contribution in [0.2, 0.25) is 0 Å². The molecule has 1 aromatic carbocycles. The number of fused-ring (bicyclic) bond motifs is 1. The zero-order chi connectivity index (χ0) is 20.4. The van der Waals surface area contributed by atoms with Crippen LogP contribution >= 0.6 is 0 Å². The van der Waals surface area contributed by atoms with Gasteiger partial charge in [-0.25, -0.2) is 15.0 Å². The lowest BCUT2D eigenvalue weighted by Crippen LogP contribution is -2.25. The molecule has 2 aromatic heterocycles. The number of nitrogens with one attached hydrogen (secondary N) is 1. The van der Waals surface area contributed by atoms with Gasteiger partial charge in [0.2, 0.25) is 0 Å². The fraction of sp³-hybridized carbons (Fsp3) is 0.381. The van der Waals surface area contributed by atoms with Crippen molar-refractivity contribution >= 4 is 22.9 Å². The molecule has 0 unspecified atom stereocenters. The van der Waals surface area contributed by atoms with E-state index >= 15 is 0 Å². The molecule has 1 amide bonds. The van der Waals surface area contributed by atoms with Crippen LogP contribution in [0.25, 0.3) is 16.9 Å². The van der Waals surface area contributed by atoms with Crippen molar-refractivity contribution in [2.75, 3.05) is 18.0 Å². The monoisotopic (exact) mass is 389 g/mol. The average molecular weight is 389 g/mol. The summed E-state index contributed by atoms with van der Waals surface area (Å²) in [5, 5.41) is 11.9. The van der Waals surface area contributed by atoms with Crippen LogP contribution < -0.4 is 10.2 Å². The highest BCUT2D eigenvalue weighted by Gasteiger charge is 2.24. The zero-order valence-electron chi connectivity index (χ0n) is 16.6. The van der Waals surface area contributed by atoms with Gasteiger partial charge in [-0.15, -0.1) is 0 Å². The lowest BCUT2D eigenvalue weighted by atomic mass is 10.1. The van der Waals surface area contributed by atoms with Crippen LogP contribution in [0.3, 0.4) is 0 Å². The number of anilines is 1. The van der Waals surface area contributed by atoms with Crippen molar-refractivity contribution in [3.05, 3.63) is 42.0 Å². The van der Waals surface area contributed by atoms with Gasteiger partial charge in [-0.1, -0.05) is 6.07 Å². The quantitative estimate of drug-likeness (QED) is 0.667. The number of amides is 1. The van der Waals surface area contributed by atoms with E-state index in [9.17, 15) is 4.79 Å². The van der Waals surface area contributed by atoms with Crippen molar-refractivity contribution in [1.82, 2.24) is 24.8 Å². The van der Waals surface area contributed by atoms with E-state index in [1.807, 2.05) is 41.5 Å². The molecule has 1 saturated carbocycles. The maximum atomic E-state index is 12.5. The summed E-state index contributed by atoms with van der Waals surface area (Å²) in [6.45, 7) is 5.32. The van der Waals surface area contributed by atoms with Gasteiger partial charge in [0.15, 0.2) is 17.0 Å². The summed E-state index contributed by atoms with van der Waals surface area (Å²) in [7, 11) is 0. The van der Waals surface area contributed by atoms with Gasteiger partial charge < -0.3 is 10.2 Å². The number of hydrogen-bond acceptors (Lipinski definition) is 6. The Hall–Kier alpha value is -3.47. The number of benzene rings is 1. The van der Waals surface area contributed by atoms with Crippen molar-refractivity contribution in [2.45, 2.75) is 39.2 Å². The van der Waals surface area contributed by atoms with E-state index in [0.717, 1.165) is 30.6 Å². The van der Waals surface area contributed by atoms with Crippen LogP contribution in [-0.4, -0.2) is 44.6 Å². The molecule has 1 fully saturated rings. The maximum Gasteiger partial charge on any atom is 0.251 e. The van der Waals surface area contributed by atoms with Crippen molar-refractivity contribution in [3.8, 4) is 11.8 Å². The van der Waals surface area contributed by atoms with Crippen LogP contribution in [0.4, 0.5) is 5.82 Å². The van der Waals surface area contributed by atoms with E-state index in [4.69, 9.17) is 5.26 Å². The molecule has 2 heterocycles. The van der Waals surface area contributed by atoms with Crippen LogP contribution in [0.5, 0.6) is 0 Å². The minimum Gasteiger partial charge on any atom is -0.354 e. The largest absolute Gasteiger partial charge is 0.354 e. The molecule has 8 heteroatoms. The Kier molecular flexibility index (Phi) is 5.12. The molecule has 0 saturated heterocycles. The summed E-state index contributed by atoms with van der Waals surface area (Å²) >= 11 is 0. The Morgan fingerprint density at radius 1 is 1.34 bits per heavy atom. The zero-order valence-corrected chi connectivity index (χ0v) is 16.6. The summed E-state index contributed by atoms with van der Waals surface area (Å²) in [6.07, 6.45) is 5.75. The number of imidazole rings is 1. The summed E-state index contributed by atoms with van der Waals surface area (Å²) < 4.78 is 1.89. The summed E-state index contributed by atoms with van der Waals surface area (Å²) in [4.78, 5) is 27.9. The van der Waals surface area contributed by atoms with E-state index in [0.29, 0.717) is 41.6 Å². The molecule has 29 heavy (non-hydrogen) atoms. The molecule has 3 aromatic rings. The van der Waals surface area contributed by atoms with E-state index in [1.54, 1.807) is 6.33 Å². The number of nitrogens with zero attached hydrogens (tertiary/aromatic N) is 6. The number of aromatic nitrogens is 4. The fourth-order valence-corrected chi connectivity index (χ4v) is 3.34. The van der Waals surface area contributed by atoms with E-state index in [-0.39, 0.29) is 5.91 Å². The normalized spacial score (nSPS) is 13.3. The molecule has 148 valence electrons. The van der Waals surface area contributed by atoms with Gasteiger partial charge in [0.1, 0.15) is 12.7 Å². The predicted octanol–water partition coefficient (Wildman–Crippen LogP) is 2.76. The standard InChI is InChI=1S/C21H23N7O/c1-3-27(10-4-9-22)19-18-20(24-12-23-19)28(13-25-18)17-11-15(6-5-14(17)2)21(29)26-16-7-8-16/h5-6,11-13,16H,3-4,7-8,10H2,1-2H3,(H,26,29). The van der Waals surface area contributed by atoms with Crippen LogP contribution in [0.1, 0.15) is 42.1 Å². The Morgan fingerprint density at radius 2 is 2.17 bits per heavy atom. The molecule has 1 aliphatic rings. The third-order valence-electron chi connectivity index (χ3n) is 5.13. The molecular weight excluding hydrogens is 366 g/mol. The molecule has 0 aliphatic heterocycles. The van der Waals surface area contributed by atoms with Gasteiger partial charge in [-0.3, -0.25) is 9.36 Å². The molecule has 4 rings (SSSR count). The highest BCUT2D eigenvalue weighted by atomic mass is 16.1. The first kappa shape index (κ1) is 18.9. The average Bonchev–Trinajstić information content (AvgIpc) is 3.44. The Labute approximate surface area is 169 Å². The second-order valence-corrected chi connectivity index (χ2v) is 7.22. The molecule has 8 nitrogen and oxygen atoms in total. The summed E-state index contributed by atoms with van der Waals surface area (Å²) in [5.41, 5.74) is 3.86. The Bertz CT molecular complexity index is 1090. The number of rotatable bonds is 7. The topological polar surface area (TPSA) is 99.7 Å². The molecule has 0 spiro atoms. The molecule has 0 radical (unpaired) electrons. The van der Waals surface area contributed by atoms with Crippen molar-refractivity contribution < 1.29 is 4.79 Å². The third-order valence-corrected chi connectivity index (χ3v) is 5.13. The summed E-state index contributed by atoms with van der Waals surface area (Å²) in [6, 6.07) is 8.15. The molecule has 0 atom stereocenters. The maximum absolute atomic E-state index is 12.5. The smallest absolute Gasteiger partial charge is 0.251 e. The van der Waals surface area contributed by atoms with Crippen molar-refractivity contribution in [3.63, 3.8) is 0 Å². The highest BCUT2D eigenvalue weighted by molar-refractivity contribution is 5.95. The van der Waals surface area contributed by atoms with Gasteiger partial charge in [0.25, 0.3) is 5.91 Å². The minimum absolute atomic E-state index is 0.0536. The van der Waals surface area contributed by atoms with E-state index in [2.05, 4.69) is 26.3 Å². The Balaban J connectivity index is 1.74. The number of nitriles is 1. The SMILES string of the molecule is CCN(CCC#N)c1ncnc2c1ncn2-c1cc(C(=O)NC2CC2)ccc1C. The van der Waals surface area contributed by atoms with Crippen LogP contribution in [0, 0.1) is 18.3 Å². The van der Waals surface area contributed by atoms with Gasteiger partial charge in [0.05, 0.1) is 18.2 Å². The number of carbonyl (C=O) groups is 1. The first-order valence-corrected chi connectivity index (χ1v) is 9.84. The summed E-state index contributed by atoms with van der Waals surface area (Å²) in [5.74, 6) is 0.661. The predicted molar refractivity (Wildman–Crippen MR) is 110 cm³/mol. The molecule has 0 bridgehead atoms. The molecule has 1 N–H and O–H groups in total. The van der Waals surface area contributed by atoms with Crippen molar-refractivity contribution in [2.24, 2.45) is 0 Å². The van der Waals surface area contributed by atoms with E-state index in [1.165, 1.54) is 6.33 Å². The highest BCUT2D eigenvalue weighted by Crippen LogP contribution is 2.26.